The van der Waals surface area contributed by atoms with Crippen molar-refractivity contribution in [2.75, 3.05) is 32.1 Å². The monoisotopic (exact) mass is 208 g/mol. The SMILES string of the molecule is COc1ccc(N(C)CC(=O)CN)cc1. The molecule has 1 aromatic rings. The minimum atomic E-state index is 0.0216. The van der Waals surface area contributed by atoms with E-state index in [1.165, 1.54) is 0 Å². The first-order chi connectivity index (χ1) is 7.17. The lowest BCUT2D eigenvalue weighted by Crippen LogP contribution is -2.29. The summed E-state index contributed by atoms with van der Waals surface area (Å²) in [6, 6.07) is 7.53. The van der Waals surface area contributed by atoms with Gasteiger partial charge in [-0.3, -0.25) is 4.79 Å². The van der Waals surface area contributed by atoms with Crippen LogP contribution in [0, 0.1) is 0 Å². The van der Waals surface area contributed by atoms with Gasteiger partial charge in [-0.1, -0.05) is 0 Å². The van der Waals surface area contributed by atoms with Crippen molar-refractivity contribution in [2.24, 2.45) is 5.73 Å². The van der Waals surface area contributed by atoms with E-state index < -0.39 is 0 Å². The number of likely N-dealkylation sites (N-methyl/N-ethyl adjacent to an activating group) is 1. The van der Waals surface area contributed by atoms with Crippen LogP contribution in [-0.2, 0) is 4.79 Å². The number of hydrogen-bond donors (Lipinski definition) is 1. The first-order valence-electron chi connectivity index (χ1n) is 4.74. The molecular formula is C11H16N2O2. The van der Waals surface area contributed by atoms with E-state index in [1.54, 1.807) is 7.11 Å². The second-order valence-electron chi connectivity index (χ2n) is 3.30. The van der Waals surface area contributed by atoms with Crippen LogP contribution in [0.15, 0.2) is 24.3 Å². The molecule has 0 atom stereocenters. The minimum Gasteiger partial charge on any atom is -0.497 e. The van der Waals surface area contributed by atoms with E-state index in [-0.39, 0.29) is 12.3 Å². The smallest absolute Gasteiger partial charge is 0.165 e. The minimum absolute atomic E-state index is 0.0216. The summed E-state index contributed by atoms with van der Waals surface area (Å²) < 4.78 is 5.05. The van der Waals surface area contributed by atoms with Crippen molar-refractivity contribution in [1.29, 1.82) is 0 Å². The highest BCUT2D eigenvalue weighted by Crippen LogP contribution is 2.17. The van der Waals surface area contributed by atoms with Crippen LogP contribution >= 0.6 is 0 Å². The normalized spacial score (nSPS) is 9.80. The molecule has 0 aliphatic rings. The maximum Gasteiger partial charge on any atom is 0.165 e. The topological polar surface area (TPSA) is 55.6 Å². The van der Waals surface area contributed by atoms with Crippen LogP contribution in [0.3, 0.4) is 0 Å². The van der Waals surface area contributed by atoms with Crippen LogP contribution in [0.25, 0.3) is 0 Å². The van der Waals surface area contributed by atoms with Crippen molar-refractivity contribution in [3.63, 3.8) is 0 Å². The van der Waals surface area contributed by atoms with E-state index in [0.29, 0.717) is 6.54 Å². The van der Waals surface area contributed by atoms with E-state index in [9.17, 15) is 4.79 Å². The zero-order valence-electron chi connectivity index (χ0n) is 9.06. The lowest BCUT2D eigenvalue weighted by molar-refractivity contribution is -0.116. The van der Waals surface area contributed by atoms with Gasteiger partial charge in [-0.25, -0.2) is 0 Å². The summed E-state index contributed by atoms with van der Waals surface area (Å²) in [6.45, 7) is 0.420. The van der Waals surface area contributed by atoms with E-state index in [4.69, 9.17) is 10.5 Å². The Morgan fingerprint density at radius 1 is 1.40 bits per heavy atom. The number of ether oxygens (including phenoxy) is 1. The van der Waals surface area contributed by atoms with E-state index in [1.807, 2.05) is 36.2 Å². The number of methoxy groups -OCH3 is 1. The average Bonchev–Trinajstić information content (AvgIpc) is 2.29. The second-order valence-corrected chi connectivity index (χ2v) is 3.30. The summed E-state index contributed by atoms with van der Waals surface area (Å²) in [5.41, 5.74) is 6.22. The molecule has 0 bridgehead atoms. The summed E-state index contributed by atoms with van der Waals surface area (Å²) in [4.78, 5) is 13.0. The summed E-state index contributed by atoms with van der Waals surface area (Å²) in [7, 11) is 3.48. The molecule has 0 aliphatic carbocycles. The fraction of sp³-hybridized carbons (Fsp3) is 0.364. The number of benzene rings is 1. The Bertz CT molecular complexity index is 322. The van der Waals surface area contributed by atoms with Gasteiger partial charge in [0, 0.05) is 12.7 Å². The number of hydrogen-bond acceptors (Lipinski definition) is 4. The van der Waals surface area contributed by atoms with Crippen molar-refractivity contribution < 1.29 is 9.53 Å². The van der Waals surface area contributed by atoms with Gasteiger partial charge >= 0.3 is 0 Å². The lowest BCUT2D eigenvalue weighted by atomic mass is 10.2. The molecule has 0 heterocycles. The van der Waals surface area contributed by atoms with Gasteiger partial charge in [-0.15, -0.1) is 0 Å². The molecule has 0 saturated carbocycles. The Kier molecular flexibility index (Phi) is 4.12. The highest BCUT2D eigenvalue weighted by atomic mass is 16.5. The fourth-order valence-corrected chi connectivity index (χ4v) is 1.26. The van der Waals surface area contributed by atoms with Crippen LogP contribution in [0.2, 0.25) is 0 Å². The molecule has 4 nitrogen and oxygen atoms in total. The Morgan fingerprint density at radius 2 is 2.00 bits per heavy atom. The predicted octanol–water partition coefficient (Wildman–Crippen LogP) is 0.659. The number of nitrogens with two attached hydrogens (primary N) is 1. The Balaban J connectivity index is 2.65. The van der Waals surface area contributed by atoms with Crippen molar-refractivity contribution >= 4 is 11.5 Å². The molecule has 0 unspecified atom stereocenters. The van der Waals surface area contributed by atoms with Gasteiger partial charge < -0.3 is 15.4 Å². The molecule has 15 heavy (non-hydrogen) atoms. The molecule has 0 fully saturated rings. The third-order valence-electron chi connectivity index (χ3n) is 2.15. The zero-order chi connectivity index (χ0) is 11.3. The Labute approximate surface area is 89.6 Å². The number of ketones is 1. The summed E-state index contributed by atoms with van der Waals surface area (Å²) >= 11 is 0. The Hall–Kier alpha value is -1.55. The molecular weight excluding hydrogens is 192 g/mol. The molecule has 4 heteroatoms. The van der Waals surface area contributed by atoms with Crippen LogP contribution in [0.5, 0.6) is 5.75 Å². The number of Topliss-reactive ketones (excluding diaryl/α,β-unsaturated/α-hetero) is 1. The summed E-state index contributed by atoms with van der Waals surface area (Å²) in [5, 5.41) is 0. The standard InChI is InChI=1S/C11H16N2O2/c1-13(8-10(14)7-12)9-3-5-11(15-2)6-4-9/h3-6H,7-8,12H2,1-2H3. The van der Waals surface area contributed by atoms with Crippen molar-refractivity contribution in [2.45, 2.75) is 0 Å². The molecule has 2 N–H and O–H groups in total. The first-order valence-corrected chi connectivity index (χ1v) is 4.74. The van der Waals surface area contributed by atoms with Gasteiger partial charge in [0.1, 0.15) is 5.75 Å². The van der Waals surface area contributed by atoms with Gasteiger partial charge in [0.2, 0.25) is 0 Å². The second kappa shape index (κ2) is 5.36. The quantitative estimate of drug-likeness (QED) is 0.772. The molecule has 0 aliphatic heterocycles. The highest BCUT2D eigenvalue weighted by Gasteiger charge is 2.05. The van der Waals surface area contributed by atoms with E-state index >= 15 is 0 Å². The van der Waals surface area contributed by atoms with Crippen LogP contribution in [0.4, 0.5) is 5.69 Å². The number of carbonyl (C=O) groups is 1. The van der Waals surface area contributed by atoms with Crippen molar-refractivity contribution in [3.8, 4) is 5.75 Å². The van der Waals surface area contributed by atoms with Gasteiger partial charge in [-0.2, -0.15) is 0 Å². The largest absolute Gasteiger partial charge is 0.497 e. The number of anilines is 1. The molecule has 0 amide bonds. The third kappa shape index (κ3) is 3.25. The predicted molar refractivity (Wildman–Crippen MR) is 60.3 cm³/mol. The number of nitrogens with zero attached hydrogens (tertiary/aromatic N) is 1. The molecule has 0 saturated heterocycles. The molecule has 82 valence electrons. The van der Waals surface area contributed by atoms with Gasteiger partial charge in [-0.05, 0) is 24.3 Å². The van der Waals surface area contributed by atoms with Gasteiger partial charge in [0.15, 0.2) is 5.78 Å². The van der Waals surface area contributed by atoms with Crippen molar-refractivity contribution in [1.82, 2.24) is 0 Å². The summed E-state index contributed by atoms with van der Waals surface area (Å²) in [5.74, 6) is 0.825. The highest BCUT2D eigenvalue weighted by molar-refractivity contribution is 5.84. The zero-order valence-corrected chi connectivity index (χ0v) is 9.06. The van der Waals surface area contributed by atoms with E-state index in [2.05, 4.69) is 0 Å². The number of carbonyl (C=O) groups excluding carboxylic acids is 1. The van der Waals surface area contributed by atoms with Crippen LogP contribution < -0.4 is 15.4 Å². The molecule has 0 aromatic heterocycles. The van der Waals surface area contributed by atoms with Crippen LogP contribution in [0.1, 0.15) is 0 Å². The van der Waals surface area contributed by atoms with E-state index in [0.717, 1.165) is 11.4 Å². The molecule has 1 rings (SSSR count). The number of rotatable bonds is 5. The maximum atomic E-state index is 11.1. The Morgan fingerprint density at radius 3 is 2.47 bits per heavy atom. The van der Waals surface area contributed by atoms with Gasteiger partial charge in [0.05, 0.1) is 20.2 Å². The maximum absolute atomic E-state index is 11.1. The lowest BCUT2D eigenvalue weighted by Gasteiger charge is -2.18. The molecule has 1 aromatic carbocycles. The van der Waals surface area contributed by atoms with Crippen molar-refractivity contribution in [3.05, 3.63) is 24.3 Å². The van der Waals surface area contributed by atoms with Gasteiger partial charge in [0.25, 0.3) is 0 Å². The first kappa shape index (κ1) is 11.5. The average molecular weight is 208 g/mol. The molecule has 0 spiro atoms. The van der Waals surface area contributed by atoms with Crippen LogP contribution in [-0.4, -0.2) is 33.0 Å². The summed E-state index contributed by atoms with van der Waals surface area (Å²) in [6.07, 6.45) is 0. The molecule has 0 radical (unpaired) electrons. The fourth-order valence-electron chi connectivity index (χ4n) is 1.26. The third-order valence-corrected chi connectivity index (χ3v) is 2.15.